The number of piperazine rings is 1. The van der Waals surface area contributed by atoms with Gasteiger partial charge >= 0.3 is 0 Å². The lowest BCUT2D eigenvalue weighted by molar-refractivity contribution is 0.312. The Morgan fingerprint density at radius 3 is 2.45 bits per heavy atom. The van der Waals surface area contributed by atoms with Crippen molar-refractivity contribution in [2.75, 3.05) is 43.4 Å². The molecule has 1 saturated heterocycles. The number of nitrogens with one attached hydrogen (secondary N) is 1. The number of fused-ring (bicyclic) bond motifs is 1. The summed E-state index contributed by atoms with van der Waals surface area (Å²) in [5.74, 6) is 1.00. The van der Waals surface area contributed by atoms with Crippen molar-refractivity contribution in [1.82, 2.24) is 24.4 Å². The SMILES string of the molecule is CN1CCN(c2ccc(-c3ccc4c(Nc5ccc(Sc6nccn6C)c(Cl)c5)c(C#N)cnc4c3)cn2)CC1. The van der Waals surface area contributed by atoms with Gasteiger partial charge in [0.15, 0.2) is 5.16 Å². The van der Waals surface area contributed by atoms with Gasteiger partial charge in [-0.2, -0.15) is 5.26 Å². The Morgan fingerprint density at radius 1 is 0.925 bits per heavy atom. The molecule has 6 rings (SSSR count). The number of benzene rings is 2. The molecule has 4 heterocycles. The Kier molecular flexibility index (Phi) is 7.30. The minimum absolute atomic E-state index is 0.459. The van der Waals surface area contributed by atoms with Crippen LogP contribution in [0.2, 0.25) is 5.02 Å². The highest BCUT2D eigenvalue weighted by molar-refractivity contribution is 7.99. The number of nitrogens with zero attached hydrogens (tertiary/aromatic N) is 7. The van der Waals surface area contributed by atoms with Crippen LogP contribution in [0.3, 0.4) is 0 Å². The molecule has 10 heteroatoms. The van der Waals surface area contributed by atoms with Crippen LogP contribution >= 0.6 is 23.4 Å². The maximum absolute atomic E-state index is 9.82. The number of pyridine rings is 2. The molecule has 1 aliphatic rings. The molecule has 0 bridgehead atoms. The third-order valence-electron chi connectivity index (χ3n) is 7.08. The van der Waals surface area contributed by atoms with Crippen LogP contribution in [0.1, 0.15) is 5.56 Å². The van der Waals surface area contributed by atoms with Crippen molar-refractivity contribution >= 4 is 51.5 Å². The lowest BCUT2D eigenvalue weighted by Crippen LogP contribution is -2.44. The normalized spacial score (nSPS) is 13.9. The van der Waals surface area contributed by atoms with Crippen LogP contribution in [0.4, 0.5) is 17.2 Å². The van der Waals surface area contributed by atoms with Crippen LogP contribution in [-0.4, -0.2) is 57.6 Å². The minimum atomic E-state index is 0.459. The van der Waals surface area contributed by atoms with Crippen LogP contribution < -0.4 is 10.2 Å². The summed E-state index contributed by atoms with van der Waals surface area (Å²) >= 11 is 8.13. The quantitative estimate of drug-likeness (QED) is 0.260. The van der Waals surface area contributed by atoms with Crippen molar-refractivity contribution in [2.24, 2.45) is 7.05 Å². The highest BCUT2D eigenvalue weighted by atomic mass is 35.5. The van der Waals surface area contributed by atoms with Gasteiger partial charge < -0.3 is 19.7 Å². The molecule has 40 heavy (non-hydrogen) atoms. The number of anilines is 3. The van der Waals surface area contributed by atoms with Gasteiger partial charge in [-0.15, -0.1) is 0 Å². The molecule has 0 spiro atoms. The van der Waals surface area contributed by atoms with E-state index in [1.54, 1.807) is 12.4 Å². The monoisotopic (exact) mass is 566 g/mol. The molecule has 1 fully saturated rings. The Balaban J connectivity index is 1.26. The Labute approximate surface area is 242 Å². The molecule has 1 aliphatic heterocycles. The predicted octanol–water partition coefficient (Wildman–Crippen LogP) is 6.20. The van der Waals surface area contributed by atoms with Crippen molar-refractivity contribution in [3.63, 3.8) is 0 Å². The van der Waals surface area contributed by atoms with Gasteiger partial charge in [-0.3, -0.25) is 4.98 Å². The molecule has 0 radical (unpaired) electrons. The summed E-state index contributed by atoms with van der Waals surface area (Å²) in [4.78, 5) is 19.2. The number of hydrogen-bond donors (Lipinski definition) is 1. The Hall–Kier alpha value is -4.10. The lowest BCUT2D eigenvalue weighted by atomic mass is 10.0. The van der Waals surface area contributed by atoms with E-state index in [0.717, 1.165) is 69.8 Å². The maximum Gasteiger partial charge on any atom is 0.172 e. The molecule has 200 valence electrons. The molecule has 2 aromatic carbocycles. The number of nitriles is 1. The second kappa shape index (κ2) is 11.2. The molecule has 3 aromatic heterocycles. The molecule has 8 nitrogen and oxygen atoms in total. The average molecular weight is 567 g/mol. The Morgan fingerprint density at radius 2 is 1.75 bits per heavy atom. The predicted molar refractivity (Wildman–Crippen MR) is 161 cm³/mol. The van der Waals surface area contributed by atoms with Crippen molar-refractivity contribution in [3.8, 4) is 17.2 Å². The molecule has 1 N–H and O–H groups in total. The van der Waals surface area contributed by atoms with Gasteiger partial charge in [0.1, 0.15) is 11.9 Å². The van der Waals surface area contributed by atoms with Crippen LogP contribution in [0, 0.1) is 11.3 Å². The van der Waals surface area contributed by atoms with Gasteiger partial charge in [-0.25, -0.2) is 9.97 Å². The first-order valence-corrected chi connectivity index (χ1v) is 14.1. The second-order valence-electron chi connectivity index (χ2n) is 9.78. The van der Waals surface area contributed by atoms with E-state index >= 15 is 0 Å². The first kappa shape index (κ1) is 26.1. The van der Waals surface area contributed by atoms with E-state index in [-0.39, 0.29) is 0 Å². The third kappa shape index (κ3) is 5.34. The van der Waals surface area contributed by atoms with Crippen LogP contribution in [0.15, 0.2) is 83.4 Å². The van der Waals surface area contributed by atoms with Crippen molar-refractivity contribution in [3.05, 3.63) is 83.9 Å². The summed E-state index contributed by atoms with van der Waals surface area (Å²) in [6, 6.07) is 18.3. The number of imidazole rings is 1. The van der Waals surface area contributed by atoms with Gasteiger partial charge in [0.05, 0.1) is 21.8 Å². The topological polar surface area (TPSA) is 85.9 Å². The third-order valence-corrected chi connectivity index (χ3v) is 8.65. The fourth-order valence-electron chi connectivity index (χ4n) is 4.73. The molecule has 5 aromatic rings. The Bertz CT molecular complexity index is 1720. The highest BCUT2D eigenvalue weighted by Gasteiger charge is 2.16. The van der Waals surface area contributed by atoms with Gasteiger partial charge in [0, 0.05) is 79.5 Å². The molecule has 0 unspecified atom stereocenters. The van der Waals surface area contributed by atoms with E-state index in [1.807, 2.05) is 60.4 Å². The zero-order valence-electron chi connectivity index (χ0n) is 22.2. The largest absolute Gasteiger partial charge is 0.354 e. The zero-order valence-corrected chi connectivity index (χ0v) is 23.7. The lowest BCUT2D eigenvalue weighted by Gasteiger charge is -2.33. The zero-order chi connectivity index (χ0) is 27.6. The summed E-state index contributed by atoms with van der Waals surface area (Å²) in [5.41, 5.74) is 4.77. The van der Waals surface area contributed by atoms with E-state index in [4.69, 9.17) is 16.6 Å². The van der Waals surface area contributed by atoms with Gasteiger partial charge in [0.25, 0.3) is 0 Å². The molecule has 0 atom stereocenters. The van der Waals surface area contributed by atoms with Crippen molar-refractivity contribution in [1.29, 1.82) is 5.26 Å². The summed E-state index contributed by atoms with van der Waals surface area (Å²) in [5, 5.41) is 15.5. The van der Waals surface area contributed by atoms with E-state index < -0.39 is 0 Å². The standard InChI is InChI=1S/C30H27ClN8S/c1-37-11-13-39(14-12-37)28-8-4-21(18-35-28)20-3-6-24-26(15-20)34-19-22(17-32)29(24)36-23-5-7-27(25(31)16-23)40-30-33-9-10-38(30)2/h3-10,15-16,18-19H,11-14H2,1-2H3,(H,34,36). The van der Waals surface area contributed by atoms with E-state index in [2.05, 4.69) is 50.3 Å². The summed E-state index contributed by atoms with van der Waals surface area (Å²) in [6.45, 7) is 4.05. The molecule has 0 saturated carbocycles. The van der Waals surface area contributed by atoms with E-state index in [0.29, 0.717) is 16.3 Å². The fraction of sp³-hybridized carbons (Fsp3) is 0.200. The first-order chi connectivity index (χ1) is 19.5. The number of hydrogen-bond acceptors (Lipinski definition) is 8. The average Bonchev–Trinajstić information content (AvgIpc) is 3.39. The van der Waals surface area contributed by atoms with Crippen LogP contribution in [0.5, 0.6) is 0 Å². The van der Waals surface area contributed by atoms with Gasteiger partial charge in [-0.1, -0.05) is 35.5 Å². The maximum atomic E-state index is 9.82. The number of halogens is 1. The minimum Gasteiger partial charge on any atom is -0.354 e. The highest BCUT2D eigenvalue weighted by Crippen LogP contribution is 2.36. The first-order valence-electron chi connectivity index (χ1n) is 12.9. The van der Waals surface area contributed by atoms with E-state index in [1.165, 1.54) is 11.8 Å². The van der Waals surface area contributed by atoms with Gasteiger partial charge in [-0.05, 0) is 49.0 Å². The number of aromatic nitrogens is 4. The number of rotatable bonds is 6. The van der Waals surface area contributed by atoms with Crippen molar-refractivity contribution in [2.45, 2.75) is 10.1 Å². The second-order valence-corrected chi connectivity index (χ2v) is 11.2. The smallest absolute Gasteiger partial charge is 0.172 e. The fourth-order valence-corrected chi connectivity index (χ4v) is 5.83. The van der Waals surface area contributed by atoms with Crippen LogP contribution in [-0.2, 0) is 7.05 Å². The number of likely N-dealkylation sites (N-methyl/N-ethyl adjacent to an activating group) is 1. The van der Waals surface area contributed by atoms with Crippen LogP contribution in [0.25, 0.3) is 22.0 Å². The molecule has 0 aliphatic carbocycles. The summed E-state index contributed by atoms with van der Waals surface area (Å²) in [7, 11) is 4.10. The van der Waals surface area contributed by atoms with Crippen molar-refractivity contribution < 1.29 is 0 Å². The number of aryl methyl sites for hydroxylation is 1. The molecule has 0 amide bonds. The summed E-state index contributed by atoms with van der Waals surface area (Å²) < 4.78 is 1.95. The molecular formula is C30H27ClN8S. The summed E-state index contributed by atoms with van der Waals surface area (Å²) in [6.07, 6.45) is 7.19. The van der Waals surface area contributed by atoms with Gasteiger partial charge in [0.2, 0.25) is 0 Å². The van der Waals surface area contributed by atoms with E-state index in [9.17, 15) is 5.26 Å². The molecular weight excluding hydrogens is 540 g/mol.